The Morgan fingerprint density at radius 2 is 1.75 bits per heavy atom. The van der Waals surface area contributed by atoms with Crippen LogP contribution in [0.2, 0.25) is 0 Å². The number of benzene rings is 1. The Morgan fingerprint density at radius 1 is 1.14 bits per heavy atom. The highest BCUT2D eigenvalue weighted by atomic mass is 32.2. The summed E-state index contributed by atoms with van der Waals surface area (Å²) >= 11 is 0. The molecule has 2 aliphatic heterocycles. The molecule has 0 atom stereocenters. The number of hydrogen-bond acceptors (Lipinski definition) is 7. The van der Waals surface area contributed by atoms with Crippen molar-refractivity contribution < 1.29 is 26.4 Å². The molecule has 0 spiro atoms. The van der Waals surface area contributed by atoms with Gasteiger partial charge in [0.1, 0.15) is 0 Å². The molecule has 0 radical (unpaired) electrons. The third-order valence-corrected chi connectivity index (χ3v) is 8.29. The van der Waals surface area contributed by atoms with Crippen LogP contribution in [0, 0.1) is 5.41 Å². The molecular weight excluding hydrogens is 406 g/mol. The fraction of sp³-hybridized carbons (Fsp3) is 0.588. The van der Waals surface area contributed by atoms with Gasteiger partial charge in [-0.15, -0.1) is 0 Å². The van der Waals surface area contributed by atoms with Gasteiger partial charge in [-0.3, -0.25) is 9.69 Å². The first-order valence-electron chi connectivity index (χ1n) is 9.00. The lowest BCUT2D eigenvalue weighted by Gasteiger charge is -2.26. The van der Waals surface area contributed by atoms with Gasteiger partial charge in [0.15, 0.2) is 0 Å². The van der Waals surface area contributed by atoms with Crippen LogP contribution >= 0.6 is 0 Å². The number of anilines is 1. The van der Waals surface area contributed by atoms with Crippen molar-refractivity contribution >= 4 is 31.6 Å². The minimum absolute atomic E-state index is 0.0153. The number of amides is 1. The van der Waals surface area contributed by atoms with Crippen LogP contribution in [0.1, 0.15) is 13.8 Å². The minimum atomic E-state index is -3.77. The van der Waals surface area contributed by atoms with E-state index in [1.54, 1.807) is 13.8 Å². The van der Waals surface area contributed by atoms with Crippen molar-refractivity contribution in [3.63, 3.8) is 0 Å². The molecule has 2 fully saturated rings. The summed E-state index contributed by atoms with van der Waals surface area (Å²) in [4.78, 5) is 14.5. The van der Waals surface area contributed by atoms with Crippen LogP contribution in [0.15, 0.2) is 29.2 Å². The summed E-state index contributed by atoms with van der Waals surface area (Å²) in [7, 11) is -7.50. The Kier molecular flexibility index (Phi) is 5.84. The molecule has 11 heteroatoms. The molecule has 0 aliphatic carbocycles. The van der Waals surface area contributed by atoms with Gasteiger partial charge in [-0.1, -0.05) is 0 Å². The number of rotatable bonds is 6. The van der Waals surface area contributed by atoms with Crippen molar-refractivity contribution in [1.82, 2.24) is 9.62 Å². The van der Waals surface area contributed by atoms with E-state index in [4.69, 9.17) is 4.74 Å². The average Bonchev–Trinajstić information content (AvgIpc) is 2.78. The van der Waals surface area contributed by atoms with Gasteiger partial charge in [0.2, 0.25) is 26.0 Å². The first-order valence-corrected chi connectivity index (χ1v) is 12.1. The maximum absolute atomic E-state index is 12.4. The highest BCUT2D eigenvalue weighted by Crippen LogP contribution is 2.35. The molecule has 1 N–H and O–H groups in total. The van der Waals surface area contributed by atoms with E-state index in [1.165, 1.54) is 24.3 Å². The Balaban J connectivity index is 1.68. The van der Waals surface area contributed by atoms with Gasteiger partial charge < -0.3 is 4.74 Å². The molecule has 0 aromatic heterocycles. The number of morpholine rings is 1. The third-order valence-electron chi connectivity index (χ3n) is 4.79. The Morgan fingerprint density at radius 3 is 2.29 bits per heavy atom. The van der Waals surface area contributed by atoms with Gasteiger partial charge in [0, 0.05) is 26.2 Å². The van der Waals surface area contributed by atoms with Gasteiger partial charge >= 0.3 is 0 Å². The van der Waals surface area contributed by atoms with E-state index in [0.717, 1.165) is 17.4 Å². The zero-order chi connectivity index (χ0) is 20.6. The molecule has 1 amide bonds. The fourth-order valence-electron chi connectivity index (χ4n) is 3.27. The van der Waals surface area contributed by atoms with Crippen LogP contribution in [-0.2, 0) is 29.6 Å². The number of nitrogens with zero attached hydrogens (tertiary/aromatic N) is 2. The van der Waals surface area contributed by atoms with Crippen molar-refractivity contribution in [2.24, 2.45) is 5.41 Å². The number of carbonyl (C=O) groups is 1. The molecule has 3 rings (SSSR count). The minimum Gasteiger partial charge on any atom is -0.379 e. The molecule has 1 aromatic rings. The largest absolute Gasteiger partial charge is 0.379 e. The Hall–Kier alpha value is -1.53. The number of hydrogen-bond donors (Lipinski definition) is 1. The molecule has 9 nitrogen and oxygen atoms in total. The summed E-state index contributed by atoms with van der Waals surface area (Å²) in [5, 5.41) is 0. The molecule has 0 unspecified atom stereocenters. The van der Waals surface area contributed by atoms with Crippen LogP contribution < -0.4 is 9.03 Å². The Labute approximate surface area is 165 Å². The van der Waals surface area contributed by atoms with Crippen molar-refractivity contribution in [2.45, 2.75) is 18.7 Å². The molecule has 2 saturated heterocycles. The topological polar surface area (TPSA) is 113 Å². The van der Waals surface area contributed by atoms with E-state index in [0.29, 0.717) is 19.8 Å². The fourth-order valence-corrected chi connectivity index (χ4v) is 6.40. The van der Waals surface area contributed by atoms with E-state index in [2.05, 4.69) is 9.62 Å². The molecule has 28 heavy (non-hydrogen) atoms. The van der Waals surface area contributed by atoms with Crippen LogP contribution in [0.25, 0.3) is 0 Å². The zero-order valence-electron chi connectivity index (χ0n) is 15.9. The van der Waals surface area contributed by atoms with Gasteiger partial charge in [0.25, 0.3) is 0 Å². The molecule has 156 valence electrons. The third kappa shape index (κ3) is 4.38. The summed E-state index contributed by atoms with van der Waals surface area (Å²) in [6.45, 7) is 6.81. The predicted molar refractivity (Wildman–Crippen MR) is 104 cm³/mol. The first-order chi connectivity index (χ1) is 13.0. The second kappa shape index (κ2) is 7.71. The Bertz CT molecular complexity index is 936. The summed E-state index contributed by atoms with van der Waals surface area (Å²) in [6.07, 6.45) is 0. The van der Waals surface area contributed by atoms with E-state index >= 15 is 0 Å². The molecule has 0 saturated carbocycles. The standard InChI is InChI=1S/C17H25N3O6S2/c1-17(2)13-27(22,23)20(16(17)21)14-3-5-15(6-4-14)28(24,25)18-7-8-19-9-11-26-12-10-19/h3-6,18H,7-13H2,1-2H3. The molecular formula is C17H25N3O6S2. The van der Waals surface area contributed by atoms with E-state index in [1.807, 2.05) is 0 Å². The molecule has 1 aromatic carbocycles. The summed E-state index contributed by atoms with van der Waals surface area (Å²) < 4.78 is 58.1. The zero-order valence-corrected chi connectivity index (χ0v) is 17.6. The lowest BCUT2D eigenvalue weighted by molar-refractivity contribution is -0.123. The smallest absolute Gasteiger partial charge is 0.247 e. The number of ether oxygens (including phenoxy) is 1. The van der Waals surface area contributed by atoms with Crippen molar-refractivity contribution in [3.05, 3.63) is 24.3 Å². The van der Waals surface area contributed by atoms with Crippen LogP contribution in [-0.4, -0.2) is 72.8 Å². The average molecular weight is 432 g/mol. The summed E-state index contributed by atoms with van der Waals surface area (Å²) in [5.41, 5.74) is -0.868. The monoisotopic (exact) mass is 431 g/mol. The van der Waals surface area contributed by atoms with Gasteiger partial charge in [-0.05, 0) is 38.1 Å². The van der Waals surface area contributed by atoms with Crippen LogP contribution in [0.3, 0.4) is 0 Å². The van der Waals surface area contributed by atoms with Crippen molar-refractivity contribution in [3.8, 4) is 0 Å². The number of nitrogens with one attached hydrogen (secondary N) is 1. The quantitative estimate of drug-likeness (QED) is 0.674. The first kappa shape index (κ1) is 21.2. The van der Waals surface area contributed by atoms with Crippen molar-refractivity contribution in [1.29, 1.82) is 0 Å². The van der Waals surface area contributed by atoms with Crippen LogP contribution in [0.5, 0.6) is 0 Å². The van der Waals surface area contributed by atoms with E-state index in [-0.39, 0.29) is 22.9 Å². The van der Waals surface area contributed by atoms with Gasteiger partial charge in [0.05, 0.1) is 35.0 Å². The maximum atomic E-state index is 12.4. The predicted octanol–water partition coefficient (Wildman–Crippen LogP) is -0.000300. The summed E-state index contributed by atoms with van der Waals surface area (Å²) in [6, 6.07) is 5.29. The van der Waals surface area contributed by atoms with E-state index < -0.39 is 31.4 Å². The normalized spacial score (nSPS) is 22.5. The van der Waals surface area contributed by atoms with Gasteiger partial charge in [-0.25, -0.2) is 25.9 Å². The SMILES string of the molecule is CC1(C)CS(=O)(=O)N(c2ccc(S(=O)(=O)NCCN3CCOCC3)cc2)C1=O. The second-order valence-electron chi connectivity index (χ2n) is 7.56. The molecule has 2 heterocycles. The lowest BCUT2D eigenvalue weighted by atomic mass is 9.95. The highest BCUT2D eigenvalue weighted by molar-refractivity contribution is 7.94. The highest BCUT2D eigenvalue weighted by Gasteiger charge is 2.49. The molecule has 0 bridgehead atoms. The lowest BCUT2D eigenvalue weighted by Crippen LogP contribution is -2.41. The van der Waals surface area contributed by atoms with Crippen LogP contribution in [0.4, 0.5) is 5.69 Å². The summed E-state index contributed by atoms with van der Waals surface area (Å²) in [5.74, 6) is -0.797. The molecule has 2 aliphatic rings. The number of sulfonamides is 2. The van der Waals surface area contributed by atoms with Gasteiger partial charge in [-0.2, -0.15) is 0 Å². The second-order valence-corrected chi connectivity index (χ2v) is 11.1. The maximum Gasteiger partial charge on any atom is 0.247 e. The van der Waals surface area contributed by atoms with E-state index in [9.17, 15) is 21.6 Å². The number of carbonyl (C=O) groups excluding carboxylic acids is 1. The van der Waals surface area contributed by atoms with Crippen molar-refractivity contribution in [2.75, 3.05) is 49.5 Å².